The topological polar surface area (TPSA) is 52.0 Å². The Balaban J connectivity index is 2.24. The van der Waals surface area contributed by atoms with E-state index < -0.39 is 17.5 Å². The van der Waals surface area contributed by atoms with E-state index in [0.717, 1.165) is 18.2 Å². The van der Waals surface area contributed by atoms with Crippen LogP contribution in [0, 0.1) is 17.5 Å². The van der Waals surface area contributed by atoms with Crippen molar-refractivity contribution in [3.05, 3.63) is 59.9 Å². The van der Waals surface area contributed by atoms with Crippen LogP contribution in [-0.4, -0.2) is 5.16 Å². The van der Waals surface area contributed by atoms with Crippen molar-refractivity contribution in [1.82, 2.24) is 5.16 Å². The lowest BCUT2D eigenvalue weighted by molar-refractivity contribution is 0.439. The van der Waals surface area contributed by atoms with E-state index in [0.29, 0.717) is 5.56 Å². The van der Waals surface area contributed by atoms with Crippen LogP contribution >= 0.6 is 0 Å². The largest absolute Gasteiger partial charge is 0.367 e. The van der Waals surface area contributed by atoms with E-state index in [1.165, 1.54) is 18.2 Å². The van der Waals surface area contributed by atoms with E-state index in [-0.39, 0.29) is 22.7 Å². The number of halogens is 3. The second kappa shape index (κ2) is 4.97. The number of nitrogens with two attached hydrogens (primary N) is 1. The van der Waals surface area contributed by atoms with Crippen LogP contribution in [0.15, 0.2) is 47.0 Å². The van der Waals surface area contributed by atoms with Crippen molar-refractivity contribution < 1.29 is 17.7 Å². The molecule has 3 nitrogen and oxygen atoms in total. The predicted molar refractivity (Wildman–Crippen MR) is 71.7 cm³/mol. The number of nitrogen functional groups attached to an aromatic ring is 1. The van der Waals surface area contributed by atoms with Crippen LogP contribution in [0.5, 0.6) is 0 Å². The van der Waals surface area contributed by atoms with Gasteiger partial charge in [0.25, 0.3) is 0 Å². The van der Waals surface area contributed by atoms with Crippen LogP contribution in [0.25, 0.3) is 22.4 Å². The van der Waals surface area contributed by atoms with E-state index in [2.05, 4.69) is 5.16 Å². The Bertz CT molecular complexity index is 814. The molecule has 2 aromatic carbocycles. The average Bonchev–Trinajstić information content (AvgIpc) is 2.83. The normalized spacial score (nSPS) is 10.8. The van der Waals surface area contributed by atoms with Crippen LogP contribution in [0.4, 0.5) is 19.1 Å². The minimum atomic E-state index is -0.678. The first kappa shape index (κ1) is 13.2. The van der Waals surface area contributed by atoms with Crippen molar-refractivity contribution in [3.63, 3.8) is 0 Å². The van der Waals surface area contributed by atoms with Gasteiger partial charge in [0, 0.05) is 5.56 Å². The van der Waals surface area contributed by atoms with Gasteiger partial charge in [0.1, 0.15) is 23.1 Å². The monoisotopic (exact) mass is 290 g/mol. The first-order valence-corrected chi connectivity index (χ1v) is 6.03. The van der Waals surface area contributed by atoms with Gasteiger partial charge in [-0.25, -0.2) is 13.2 Å². The first-order chi connectivity index (χ1) is 10.1. The van der Waals surface area contributed by atoms with Gasteiger partial charge in [-0.3, -0.25) is 0 Å². The van der Waals surface area contributed by atoms with Gasteiger partial charge in [0.15, 0.2) is 0 Å². The van der Waals surface area contributed by atoms with Gasteiger partial charge >= 0.3 is 0 Å². The summed E-state index contributed by atoms with van der Waals surface area (Å²) in [6, 6.07) is 8.47. The van der Waals surface area contributed by atoms with Crippen LogP contribution in [-0.2, 0) is 0 Å². The minimum absolute atomic E-state index is 0.0232. The Hall–Kier alpha value is -2.76. The molecule has 2 N–H and O–H groups in total. The third kappa shape index (κ3) is 2.35. The number of aromatic nitrogens is 1. The van der Waals surface area contributed by atoms with Gasteiger partial charge in [0.05, 0.1) is 5.56 Å². The second-order valence-electron chi connectivity index (χ2n) is 4.40. The van der Waals surface area contributed by atoms with E-state index >= 15 is 0 Å². The molecule has 0 spiro atoms. The highest BCUT2D eigenvalue weighted by Crippen LogP contribution is 2.37. The number of hydrogen-bond donors (Lipinski definition) is 1. The van der Waals surface area contributed by atoms with Crippen LogP contribution in [0.3, 0.4) is 0 Å². The number of benzene rings is 2. The van der Waals surface area contributed by atoms with Gasteiger partial charge in [-0.05, 0) is 35.9 Å². The molecule has 0 radical (unpaired) electrons. The summed E-state index contributed by atoms with van der Waals surface area (Å²) in [5.41, 5.74) is 6.19. The van der Waals surface area contributed by atoms with E-state index in [1.807, 2.05) is 0 Å². The number of nitrogens with zero attached hydrogens (tertiary/aromatic N) is 1. The molecule has 1 aromatic heterocycles. The molecular weight excluding hydrogens is 281 g/mol. The summed E-state index contributed by atoms with van der Waals surface area (Å²) >= 11 is 0. The Morgan fingerprint density at radius 2 is 1.71 bits per heavy atom. The quantitative estimate of drug-likeness (QED) is 0.776. The van der Waals surface area contributed by atoms with Gasteiger partial charge < -0.3 is 10.3 Å². The number of anilines is 1. The molecular formula is C15H9F3N2O. The lowest BCUT2D eigenvalue weighted by atomic mass is 10.0. The van der Waals surface area contributed by atoms with Crippen molar-refractivity contribution in [2.45, 2.75) is 0 Å². The first-order valence-electron chi connectivity index (χ1n) is 6.03. The van der Waals surface area contributed by atoms with Crippen molar-refractivity contribution in [2.24, 2.45) is 0 Å². The molecule has 0 aliphatic carbocycles. The fourth-order valence-corrected chi connectivity index (χ4v) is 2.09. The molecule has 3 aromatic rings. The summed E-state index contributed by atoms with van der Waals surface area (Å²) in [6.45, 7) is 0. The molecule has 0 unspecified atom stereocenters. The highest BCUT2D eigenvalue weighted by Gasteiger charge is 2.20. The fourth-order valence-electron chi connectivity index (χ4n) is 2.09. The highest BCUT2D eigenvalue weighted by atomic mass is 19.1. The molecule has 1 heterocycles. The molecule has 0 atom stereocenters. The fraction of sp³-hybridized carbons (Fsp3) is 0. The zero-order valence-electron chi connectivity index (χ0n) is 10.6. The molecule has 0 aliphatic rings. The van der Waals surface area contributed by atoms with Gasteiger partial charge in [-0.15, -0.1) is 0 Å². The summed E-state index contributed by atoms with van der Waals surface area (Å²) in [4.78, 5) is 0. The Morgan fingerprint density at radius 3 is 2.48 bits per heavy atom. The molecule has 3 rings (SSSR count). The zero-order chi connectivity index (χ0) is 15.0. The highest BCUT2D eigenvalue weighted by molar-refractivity contribution is 5.86. The summed E-state index contributed by atoms with van der Waals surface area (Å²) in [6.07, 6.45) is 0. The summed E-state index contributed by atoms with van der Waals surface area (Å²) in [7, 11) is 0. The molecule has 0 fully saturated rings. The summed E-state index contributed by atoms with van der Waals surface area (Å²) in [5.74, 6) is -1.89. The van der Waals surface area contributed by atoms with Crippen molar-refractivity contribution >= 4 is 5.88 Å². The summed E-state index contributed by atoms with van der Waals surface area (Å²) < 4.78 is 45.4. The maximum absolute atomic E-state index is 13.9. The molecule has 6 heteroatoms. The smallest absolute Gasteiger partial charge is 0.230 e. The Kier molecular flexibility index (Phi) is 3.13. The molecule has 0 amide bonds. The number of rotatable bonds is 2. The Morgan fingerprint density at radius 1 is 0.952 bits per heavy atom. The van der Waals surface area contributed by atoms with Gasteiger partial charge in [-0.1, -0.05) is 17.3 Å². The lowest BCUT2D eigenvalue weighted by Gasteiger charge is -2.04. The average molecular weight is 290 g/mol. The zero-order valence-corrected chi connectivity index (χ0v) is 10.6. The van der Waals surface area contributed by atoms with E-state index in [9.17, 15) is 13.2 Å². The number of hydrogen-bond acceptors (Lipinski definition) is 3. The molecule has 0 saturated heterocycles. The molecule has 0 aliphatic heterocycles. The maximum Gasteiger partial charge on any atom is 0.230 e. The third-order valence-electron chi connectivity index (χ3n) is 3.02. The van der Waals surface area contributed by atoms with Crippen molar-refractivity contribution in [1.29, 1.82) is 0 Å². The molecule has 0 bridgehead atoms. The molecule has 106 valence electrons. The third-order valence-corrected chi connectivity index (χ3v) is 3.02. The maximum atomic E-state index is 13.9. The van der Waals surface area contributed by atoms with E-state index in [1.54, 1.807) is 6.07 Å². The van der Waals surface area contributed by atoms with Crippen LogP contribution in [0.1, 0.15) is 0 Å². The van der Waals surface area contributed by atoms with Crippen LogP contribution in [0.2, 0.25) is 0 Å². The molecule has 21 heavy (non-hydrogen) atoms. The SMILES string of the molecule is Nc1onc(-c2cc(F)ccc2F)c1-c1cccc(F)c1. The van der Waals surface area contributed by atoms with E-state index in [4.69, 9.17) is 10.3 Å². The second-order valence-corrected chi connectivity index (χ2v) is 4.40. The van der Waals surface area contributed by atoms with Gasteiger partial charge in [0.2, 0.25) is 5.88 Å². The Labute approximate surface area is 117 Å². The van der Waals surface area contributed by atoms with Crippen LogP contribution < -0.4 is 5.73 Å². The minimum Gasteiger partial charge on any atom is -0.367 e. The van der Waals surface area contributed by atoms with Gasteiger partial charge in [-0.2, -0.15) is 0 Å². The predicted octanol–water partition coefficient (Wildman–Crippen LogP) is 4.01. The van der Waals surface area contributed by atoms with Crippen molar-refractivity contribution in [3.8, 4) is 22.4 Å². The standard InChI is InChI=1S/C15H9F3N2O/c16-9-3-1-2-8(6-9)13-14(20-21-15(13)19)11-7-10(17)4-5-12(11)18/h1-7H,19H2. The summed E-state index contributed by atoms with van der Waals surface area (Å²) in [5, 5.41) is 3.66. The molecule has 0 saturated carbocycles. The lowest BCUT2D eigenvalue weighted by Crippen LogP contribution is -1.91. The van der Waals surface area contributed by atoms with Crippen molar-refractivity contribution in [2.75, 3.05) is 5.73 Å².